The molecule has 0 radical (unpaired) electrons. The fourth-order valence-corrected chi connectivity index (χ4v) is 2.62. The molecule has 0 aromatic carbocycles. The van der Waals surface area contributed by atoms with Gasteiger partial charge in [-0.3, -0.25) is 10.1 Å². The molecule has 1 aliphatic heterocycles. The molecular formula is C12H17N5O4S. The van der Waals surface area contributed by atoms with Crippen molar-refractivity contribution in [1.82, 2.24) is 24.7 Å². The Bertz CT molecular complexity index is 623. The smallest absolute Gasteiger partial charge is 0.407 e. The average Bonchev–Trinajstić information content (AvgIpc) is 2.89. The molecule has 2 rings (SSSR count). The van der Waals surface area contributed by atoms with Gasteiger partial charge in [0.25, 0.3) is 5.91 Å². The molecule has 1 aromatic rings. The van der Waals surface area contributed by atoms with Crippen LogP contribution in [0, 0.1) is 6.92 Å². The predicted octanol–water partition coefficient (Wildman–Crippen LogP) is 0.406. The Morgan fingerprint density at radius 1 is 1.36 bits per heavy atom. The molecule has 9 nitrogen and oxygen atoms in total. The average molecular weight is 327 g/mol. The summed E-state index contributed by atoms with van der Waals surface area (Å²) < 4.78 is 13.2. The van der Waals surface area contributed by atoms with Gasteiger partial charge in [0.1, 0.15) is 11.3 Å². The van der Waals surface area contributed by atoms with Gasteiger partial charge >= 0.3 is 12.1 Å². The van der Waals surface area contributed by atoms with Crippen LogP contribution in [0.15, 0.2) is 0 Å². The van der Waals surface area contributed by atoms with Crippen LogP contribution in [0.2, 0.25) is 0 Å². The maximum atomic E-state index is 12.2. The summed E-state index contributed by atoms with van der Waals surface area (Å²) in [5.74, 6) is -0.593. The molecule has 2 heterocycles. The van der Waals surface area contributed by atoms with Crippen molar-refractivity contribution in [3.05, 3.63) is 11.4 Å². The molecule has 0 aliphatic carbocycles. The van der Waals surface area contributed by atoms with Crippen LogP contribution in [0.4, 0.5) is 9.59 Å². The summed E-state index contributed by atoms with van der Waals surface area (Å²) in [6.07, 6.45) is -0.693. The van der Waals surface area contributed by atoms with E-state index in [1.165, 1.54) is 0 Å². The highest BCUT2D eigenvalue weighted by atomic mass is 32.1. The van der Waals surface area contributed by atoms with Crippen molar-refractivity contribution < 1.29 is 19.1 Å². The van der Waals surface area contributed by atoms with Gasteiger partial charge in [-0.2, -0.15) is 8.75 Å². The van der Waals surface area contributed by atoms with Crippen LogP contribution in [-0.2, 0) is 15.1 Å². The van der Waals surface area contributed by atoms with Crippen molar-refractivity contribution in [1.29, 1.82) is 0 Å². The van der Waals surface area contributed by atoms with Crippen LogP contribution in [-0.4, -0.2) is 38.9 Å². The van der Waals surface area contributed by atoms with Gasteiger partial charge in [-0.1, -0.05) is 0 Å². The fraction of sp³-hybridized carbons (Fsp3) is 0.583. The lowest BCUT2D eigenvalue weighted by Gasteiger charge is -2.26. The van der Waals surface area contributed by atoms with E-state index in [0.717, 1.165) is 11.7 Å². The second kappa shape index (κ2) is 5.52. The summed E-state index contributed by atoms with van der Waals surface area (Å²) in [5, 5.41) is 7.15. The first-order valence-electron chi connectivity index (χ1n) is 6.54. The number of rotatable bonds is 3. The summed E-state index contributed by atoms with van der Waals surface area (Å²) in [5.41, 5.74) is -1.34. The molecule has 3 N–H and O–H groups in total. The maximum absolute atomic E-state index is 12.2. The largest absolute Gasteiger partial charge is 0.444 e. The molecule has 1 fully saturated rings. The van der Waals surface area contributed by atoms with E-state index in [4.69, 9.17) is 4.74 Å². The number of aromatic nitrogens is 2. The van der Waals surface area contributed by atoms with Crippen molar-refractivity contribution in [3.8, 4) is 0 Å². The van der Waals surface area contributed by atoms with E-state index in [2.05, 4.69) is 24.7 Å². The highest BCUT2D eigenvalue weighted by molar-refractivity contribution is 6.99. The lowest BCUT2D eigenvalue weighted by molar-refractivity contribution is -0.124. The van der Waals surface area contributed by atoms with E-state index >= 15 is 0 Å². The topological polar surface area (TPSA) is 122 Å². The van der Waals surface area contributed by atoms with Gasteiger partial charge in [0, 0.05) is 0 Å². The quantitative estimate of drug-likeness (QED) is 0.691. The van der Waals surface area contributed by atoms with Gasteiger partial charge in [-0.25, -0.2) is 9.59 Å². The first-order chi connectivity index (χ1) is 10.1. The Labute approximate surface area is 131 Å². The number of nitrogens with one attached hydrogen (secondary N) is 3. The molecule has 120 valence electrons. The molecule has 0 unspecified atom stereocenters. The number of imide groups is 1. The van der Waals surface area contributed by atoms with Crippen LogP contribution < -0.4 is 16.0 Å². The minimum absolute atomic E-state index is 0.189. The van der Waals surface area contributed by atoms with Gasteiger partial charge in [0.2, 0.25) is 0 Å². The number of urea groups is 1. The molecule has 1 aliphatic rings. The lowest BCUT2D eigenvalue weighted by atomic mass is 9.94. The normalized spacial score (nSPS) is 21.3. The molecule has 0 bridgehead atoms. The van der Waals surface area contributed by atoms with E-state index in [9.17, 15) is 14.4 Å². The van der Waals surface area contributed by atoms with E-state index in [0.29, 0.717) is 11.4 Å². The van der Waals surface area contributed by atoms with Gasteiger partial charge in [0.05, 0.1) is 24.0 Å². The molecule has 1 aromatic heterocycles. The number of hydrogen-bond acceptors (Lipinski definition) is 7. The van der Waals surface area contributed by atoms with Crippen molar-refractivity contribution in [3.63, 3.8) is 0 Å². The Morgan fingerprint density at radius 2 is 2.05 bits per heavy atom. The number of carbonyl (C=O) groups excluding carboxylic acids is 3. The van der Waals surface area contributed by atoms with E-state index in [1.807, 2.05) is 0 Å². The van der Waals surface area contributed by atoms with Gasteiger partial charge in [-0.05, 0) is 27.7 Å². The minimum atomic E-state index is -1.48. The number of aryl methyl sites for hydroxylation is 1. The maximum Gasteiger partial charge on any atom is 0.407 e. The molecule has 4 amide bonds. The minimum Gasteiger partial charge on any atom is -0.444 e. The van der Waals surface area contributed by atoms with Crippen LogP contribution in [0.25, 0.3) is 0 Å². The molecule has 10 heteroatoms. The SMILES string of the molecule is Cc1nsnc1[C@@]1(CNC(=O)OC(C)(C)C)NC(=O)NC1=O. The van der Waals surface area contributed by atoms with Gasteiger partial charge < -0.3 is 15.4 Å². The first kappa shape index (κ1) is 16.1. The standard InChI is InChI=1S/C12H17N5O4S/c1-6-7(17-22-16-6)12(8(18)14-9(19)15-12)5-13-10(20)21-11(2,3)4/h5H2,1-4H3,(H,13,20)(H2,14,15,18,19)/t12-/m1/s1. The molecular weight excluding hydrogens is 310 g/mol. The lowest BCUT2D eigenvalue weighted by Crippen LogP contribution is -2.53. The number of carbonyl (C=O) groups is 3. The zero-order valence-electron chi connectivity index (χ0n) is 12.6. The molecule has 0 spiro atoms. The molecule has 0 saturated carbocycles. The van der Waals surface area contributed by atoms with Crippen LogP contribution in [0.5, 0.6) is 0 Å². The number of nitrogens with zero attached hydrogens (tertiary/aromatic N) is 2. The first-order valence-corrected chi connectivity index (χ1v) is 7.27. The van der Waals surface area contributed by atoms with E-state index < -0.39 is 29.2 Å². The summed E-state index contributed by atoms with van der Waals surface area (Å²) in [4.78, 5) is 35.5. The number of hydrogen-bond donors (Lipinski definition) is 3. The van der Waals surface area contributed by atoms with Crippen molar-refractivity contribution >= 4 is 29.8 Å². The second-order valence-electron chi connectivity index (χ2n) is 5.87. The predicted molar refractivity (Wildman–Crippen MR) is 77.2 cm³/mol. The third-order valence-corrected chi connectivity index (χ3v) is 3.51. The van der Waals surface area contributed by atoms with Crippen molar-refractivity contribution in [2.45, 2.75) is 38.8 Å². The van der Waals surface area contributed by atoms with Crippen LogP contribution in [0.3, 0.4) is 0 Å². The second-order valence-corrected chi connectivity index (χ2v) is 6.40. The molecule has 1 atom stereocenters. The van der Waals surface area contributed by atoms with Crippen molar-refractivity contribution in [2.75, 3.05) is 6.54 Å². The van der Waals surface area contributed by atoms with Gasteiger partial charge in [0.15, 0.2) is 5.54 Å². The summed E-state index contributed by atoms with van der Waals surface area (Å²) in [7, 11) is 0. The van der Waals surface area contributed by atoms with Crippen molar-refractivity contribution in [2.24, 2.45) is 0 Å². The third kappa shape index (κ3) is 3.16. The zero-order chi connectivity index (χ0) is 16.5. The molecule has 1 saturated heterocycles. The summed E-state index contributed by atoms with van der Waals surface area (Å²) in [6, 6.07) is -0.650. The fourth-order valence-electron chi connectivity index (χ4n) is 2.00. The third-order valence-electron chi connectivity index (χ3n) is 2.90. The highest BCUT2D eigenvalue weighted by Gasteiger charge is 2.51. The van der Waals surface area contributed by atoms with Crippen LogP contribution >= 0.6 is 11.7 Å². The number of amides is 4. The Hall–Kier alpha value is -2.23. The van der Waals surface area contributed by atoms with E-state index in [1.54, 1.807) is 27.7 Å². The van der Waals surface area contributed by atoms with Crippen LogP contribution in [0.1, 0.15) is 32.2 Å². The zero-order valence-corrected chi connectivity index (χ0v) is 13.5. The molecule has 22 heavy (non-hydrogen) atoms. The Kier molecular flexibility index (Phi) is 4.05. The number of alkyl carbamates (subject to hydrolysis) is 1. The number of ether oxygens (including phenoxy) is 1. The summed E-state index contributed by atoms with van der Waals surface area (Å²) in [6.45, 7) is 6.65. The highest BCUT2D eigenvalue weighted by Crippen LogP contribution is 2.26. The summed E-state index contributed by atoms with van der Waals surface area (Å²) >= 11 is 0.924. The Morgan fingerprint density at radius 3 is 2.50 bits per heavy atom. The van der Waals surface area contributed by atoms with E-state index in [-0.39, 0.29) is 6.54 Å². The van der Waals surface area contributed by atoms with Gasteiger partial charge in [-0.15, -0.1) is 0 Å². The Balaban J connectivity index is 2.21. The monoisotopic (exact) mass is 327 g/mol.